The molecular weight excluding hydrogens is 228 g/mol. The average Bonchev–Trinajstić information content (AvgIpc) is 2.79. The Morgan fingerprint density at radius 3 is 2.89 bits per heavy atom. The van der Waals surface area contributed by atoms with Gasteiger partial charge in [-0.1, -0.05) is 0 Å². The molecule has 0 aromatic carbocycles. The first-order chi connectivity index (χ1) is 8.79. The fraction of sp³-hybridized carbons (Fsp3) is 0.385. The number of nitrogens with zero attached hydrogens (tertiary/aromatic N) is 4. The second kappa shape index (κ2) is 4.31. The fourth-order valence-corrected chi connectivity index (χ4v) is 2.30. The number of morpholine rings is 1. The van der Waals surface area contributed by atoms with E-state index < -0.39 is 0 Å². The van der Waals surface area contributed by atoms with E-state index in [1.54, 1.807) is 0 Å². The van der Waals surface area contributed by atoms with Gasteiger partial charge >= 0.3 is 0 Å². The van der Waals surface area contributed by atoms with Gasteiger partial charge in [-0.05, 0) is 12.1 Å². The maximum absolute atomic E-state index is 9.24. The van der Waals surface area contributed by atoms with Gasteiger partial charge in [0, 0.05) is 26.3 Å². The van der Waals surface area contributed by atoms with Crippen LogP contribution < -0.4 is 4.90 Å². The van der Waals surface area contributed by atoms with Gasteiger partial charge in [0.15, 0.2) is 5.69 Å². The fourth-order valence-electron chi connectivity index (χ4n) is 2.30. The van der Waals surface area contributed by atoms with Crippen LogP contribution in [0.1, 0.15) is 5.69 Å². The van der Waals surface area contributed by atoms with Crippen LogP contribution >= 0.6 is 0 Å². The molecule has 0 atom stereocenters. The van der Waals surface area contributed by atoms with Gasteiger partial charge in [-0.3, -0.25) is 0 Å². The number of fused-ring (bicyclic) bond motifs is 1. The summed E-state index contributed by atoms with van der Waals surface area (Å²) in [6.07, 6.45) is 1.96. The van der Waals surface area contributed by atoms with E-state index in [0.717, 1.165) is 29.8 Å². The minimum absolute atomic E-state index is 0.496. The lowest BCUT2D eigenvalue weighted by atomic mass is 10.2. The van der Waals surface area contributed by atoms with Crippen LogP contribution in [0.15, 0.2) is 18.3 Å². The van der Waals surface area contributed by atoms with Gasteiger partial charge in [0.1, 0.15) is 6.07 Å². The van der Waals surface area contributed by atoms with Crippen molar-refractivity contribution in [2.75, 3.05) is 31.2 Å². The van der Waals surface area contributed by atoms with E-state index >= 15 is 0 Å². The third-order valence-corrected chi connectivity index (χ3v) is 3.30. The van der Waals surface area contributed by atoms with Crippen LogP contribution in [0.25, 0.3) is 11.0 Å². The van der Waals surface area contributed by atoms with Crippen LogP contribution in [0.2, 0.25) is 0 Å². The molecule has 92 valence electrons. The molecule has 0 amide bonds. The summed E-state index contributed by atoms with van der Waals surface area (Å²) in [5.41, 5.74) is 3.33. The van der Waals surface area contributed by atoms with Crippen LogP contribution in [0, 0.1) is 11.3 Å². The van der Waals surface area contributed by atoms with Gasteiger partial charge in [0.25, 0.3) is 0 Å². The third-order valence-electron chi connectivity index (χ3n) is 3.30. The van der Waals surface area contributed by atoms with Crippen molar-refractivity contribution in [1.82, 2.24) is 9.55 Å². The summed E-state index contributed by atoms with van der Waals surface area (Å²) in [7, 11) is 1.99. The molecule has 0 spiro atoms. The molecule has 0 unspecified atom stereocenters. The summed E-state index contributed by atoms with van der Waals surface area (Å²) in [6.45, 7) is 3.03. The molecule has 0 radical (unpaired) electrons. The smallest absolute Gasteiger partial charge is 0.164 e. The van der Waals surface area contributed by atoms with E-state index in [1.807, 2.05) is 29.9 Å². The zero-order valence-electron chi connectivity index (χ0n) is 10.3. The highest BCUT2D eigenvalue weighted by molar-refractivity contribution is 5.81. The Hall–Kier alpha value is -2.06. The van der Waals surface area contributed by atoms with E-state index in [1.165, 1.54) is 0 Å². The molecule has 5 heteroatoms. The van der Waals surface area contributed by atoms with Crippen molar-refractivity contribution in [3.63, 3.8) is 0 Å². The first kappa shape index (κ1) is 11.1. The Bertz CT molecular complexity index is 620. The number of hydrogen-bond acceptors (Lipinski definition) is 4. The Morgan fingerprint density at radius 2 is 2.17 bits per heavy atom. The van der Waals surface area contributed by atoms with Crippen LogP contribution in [-0.4, -0.2) is 35.9 Å². The molecule has 1 fully saturated rings. The lowest BCUT2D eigenvalue weighted by molar-refractivity contribution is 0.122. The quantitative estimate of drug-likeness (QED) is 0.756. The second-order valence-corrected chi connectivity index (χ2v) is 4.40. The number of aromatic nitrogens is 2. The van der Waals surface area contributed by atoms with Gasteiger partial charge in [-0.15, -0.1) is 0 Å². The molecule has 1 aliphatic heterocycles. The third kappa shape index (κ3) is 1.71. The van der Waals surface area contributed by atoms with Crippen molar-refractivity contribution in [3.05, 3.63) is 24.0 Å². The van der Waals surface area contributed by atoms with Gasteiger partial charge in [-0.25, -0.2) is 4.98 Å². The predicted octanol–water partition coefficient (Wildman–Crippen LogP) is 1.28. The normalized spacial score (nSPS) is 15.9. The molecule has 1 saturated heterocycles. The first-order valence-electron chi connectivity index (χ1n) is 5.98. The summed E-state index contributed by atoms with van der Waals surface area (Å²) < 4.78 is 7.36. The highest BCUT2D eigenvalue weighted by Crippen LogP contribution is 2.25. The maximum Gasteiger partial charge on any atom is 0.164 e. The summed E-state index contributed by atoms with van der Waals surface area (Å²) >= 11 is 0. The largest absolute Gasteiger partial charge is 0.378 e. The first-order valence-corrected chi connectivity index (χ1v) is 5.98. The Kier molecular flexibility index (Phi) is 2.65. The highest BCUT2D eigenvalue weighted by Gasteiger charge is 2.17. The van der Waals surface area contributed by atoms with E-state index in [0.29, 0.717) is 18.9 Å². The van der Waals surface area contributed by atoms with Gasteiger partial charge in [0.05, 0.1) is 29.9 Å². The maximum atomic E-state index is 9.24. The van der Waals surface area contributed by atoms with Crippen molar-refractivity contribution < 1.29 is 4.74 Å². The van der Waals surface area contributed by atoms with Crippen molar-refractivity contribution in [1.29, 1.82) is 5.26 Å². The lowest BCUT2D eigenvalue weighted by Gasteiger charge is -2.29. The second-order valence-electron chi connectivity index (χ2n) is 4.40. The van der Waals surface area contributed by atoms with Crippen molar-refractivity contribution >= 4 is 16.7 Å². The highest BCUT2D eigenvalue weighted by atomic mass is 16.5. The number of rotatable bonds is 1. The zero-order chi connectivity index (χ0) is 12.5. The molecule has 2 aromatic rings. The molecule has 0 aliphatic carbocycles. The number of pyridine rings is 1. The van der Waals surface area contributed by atoms with E-state index in [-0.39, 0.29) is 0 Å². The van der Waals surface area contributed by atoms with E-state index in [4.69, 9.17) is 4.74 Å². The zero-order valence-corrected chi connectivity index (χ0v) is 10.3. The van der Waals surface area contributed by atoms with Gasteiger partial charge in [0.2, 0.25) is 0 Å². The number of anilines is 1. The van der Waals surface area contributed by atoms with E-state index in [9.17, 15) is 5.26 Å². The molecular formula is C13H14N4O. The summed E-state index contributed by atoms with van der Waals surface area (Å²) in [5, 5.41) is 9.24. The molecule has 18 heavy (non-hydrogen) atoms. The van der Waals surface area contributed by atoms with Crippen molar-refractivity contribution in [3.8, 4) is 6.07 Å². The number of nitriles is 1. The molecule has 0 bridgehead atoms. The molecule has 2 aromatic heterocycles. The monoisotopic (exact) mass is 242 g/mol. The Morgan fingerprint density at radius 1 is 1.39 bits per heavy atom. The van der Waals surface area contributed by atoms with Gasteiger partial charge in [-0.2, -0.15) is 5.26 Å². The van der Waals surface area contributed by atoms with Crippen LogP contribution in [0.4, 0.5) is 5.69 Å². The minimum Gasteiger partial charge on any atom is -0.378 e. The SMILES string of the molecule is Cn1ccc2nc(C#N)c(N3CCOCC3)cc21. The standard InChI is InChI=1S/C13H14N4O/c1-16-3-2-10-12(16)8-13(11(9-14)15-10)17-4-6-18-7-5-17/h2-3,8H,4-7H2,1H3. The Balaban J connectivity index is 2.13. The number of ether oxygens (including phenoxy) is 1. The summed E-state index contributed by atoms with van der Waals surface area (Å²) in [6, 6.07) is 6.17. The lowest BCUT2D eigenvalue weighted by Crippen LogP contribution is -2.36. The number of aryl methyl sites for hydroxylation is 1. The minimum atomic E-state index is 0.496. The van der Waals surface area contributed by atoms with Crippen LogP contribution in [-0.2, 0) is 11.8 Å². The average molecular weight is 242 g/mol. The van der Waals surface area contributed by atoms with Gasteiger partial charge < -0.3 is 14.2 Å². The molecule has 5 nitrogen and oxygen atoms in total. The van der Waals surface area contributed by atoms with E-state index in [2.05, 4.69) is 16.0 Å². The Labute approximate surface area is 105 Å². The molecule has 1 aliphatic rings. The number of hydrogen-bond donors (Lipinski definition) is 0. The molecule has 0 N–H and O–H groups in total. The van der Waals surface area contributed by atoms with Crippen molar-refractivity contribution in [2.45, 2.75) is 0 Å². The molecule has 3 rings (SSSR count). The van der Waals surface area contributed by atoms with Crippen LogP contribution in [0.5, 0.6) is 0 Å². The predicted molar refractivity (Wildman–Crippen MR) is 68.5 cm³/mol. The van der Waals surface area contributed by atoms with Crippen LogP contribution in [0.3, 0.4) is 0 Å². The summed E-state index contributed by atoms with van der Waals surface area (Å²) in [4.78, 5) is 6.59. The topological polar surface area (TPSA) is 54.1 Å². The molecule has 3 heterocycles. The molecule has 0 saturated carbocycles. The summed E-state index contributed by atoms with van der Waals surface area (Å²) in [5.74, 6) is 0. The van der Waals surface area contributed by atoms with Crippen molar-refractivity contribution in [2.24, 2.45) is 7.05 Å².